The summed E-state index contributed by atoms with van der Waals surface area (Å²) in [6.45, 7) is 5.36. The molecule has 2 aromatic carbocycles. The number of nitrogens with zero attached hydrogens (tertiary/aromatic N) is 4. The van der Waals surface area contributed by atoms with E-state index in [0.717, 1.165) is 35.6 Å². The Balaban J connectivity index is 1.22. The third kappa shape index (κ3) is 5.33. The van der Waals surface area contributed by atoms with Crippen LogP contribution in [0.5, 0.6) is 0 Å². The topological polar surface area (TPSA) is 58.4 Å². The molecule has 0 saturated carbocycles. The van der Waals surface area contributed by atoms with Crippen molar-refractivity contribution in [1.82, 2.24) is 19.4 Å². The van der Waals surface area contributed by atoms with Gasteiger partial charge in [0.25, 0.3) is 0 Å². The van der Waals surface area contributed by atoms with Gasteiger partial charge in [-0.3, -0.25) is 9.59 Å². The van der Waals surface area contributed by atoms with Crippen LogP contribution in [0.3, 0.4) is 0 Å². The fraction of sp³-hybridized carbons (Fsp3) is 0.400. The Bertz CT molecular complexity index is 1060. The molecule has 32 heavy (non-hydrogen) atoms. The number of benzene rings is 2. The Hall–Kier alpha value is -2.80. The standard InChI is InChI=1S/C25H30N4O2S/c1-2-29-22-13-7-6-12-21(22)26-25(29)32-19-24(31)28-17-15-27(16-18-28)23(30)14-8-11-20-9-4-3-5-10-20/h3-7,9-10,12-13H,2,8,11,14-19H2,1H3. The van der Waals surface area contributed by atoms with Crippen molar-refractivity contribution in [3.63, 3.8) is 0 Å². The van der Waals surface area contributed by atoms with Crippen molar-refractivity contribution in [3.8, 4) is 0 Å². The number of piperazine rings is 1. The highest BCUT2D eigenvalue weighted by molar-refractivity contribution is 7.99. The van der Waals surface area contributed by atoms with E-state index in [1.165, 1.54) is 17.3 Å². The Morgan fingerprint density at radius 3 is 2.28 bits per heavy atom. The van der Waals surface area contributed by atoms with E-state index < -0.39 is 0 Å². The van der Waals surface area contributed by atoms with Crippen LogP contribution in [0.2, 0.25) is 0 Å². The molecule has 1 saturated heterocycles. The van der Waals surface area contributed by atoms with Gasteiger partial charge in [0.15, 0.2) is 5.16 Å². The zero-order valence-corrected chi connectivity index (χ0v) is 19.4. The van der Waals surface area contributed by atoms with Gasteiger partial charge in [0.2, 0.25) is 11.8 Å². The predicted octanol–water partition coefficient (Wildman–Crippen LogP) is 3.84. The summed E-state index contributed by atoms with van der Waals surface area (Å²) in [6, 6.07) is 18.3. The van der Waals surface area contributed by atoms with Crippen LogP contribution >= 0.6 is 11.8 Å². The molecule has 168 valence electrons. The molecule has 0 spiro atoms. The molecule has 4 rings (SSSR count). The lowest BCUT2D eigenvalue weighted by Crippen LogP contribution is -2.51. The molecule has 2 amide bonds. The van der Waals surface area contributed by atoms with Crippen LogP contribution in [0.25, 0.3) is 11.0 Å². The van der Waals surface area contributed by atoms with Gasteiger partial charge >= 0.3 is 0 Å². The first-order valence-corrected chi connectivity index (χ1v) is 12.3. The van der Waals surface area contributed by atoms with E-state index in [4.69, 9.17) is 0 Å². The second-order valence-electron chi connectivity index (χ2n) is 8.02. The van der Waals surface area contributed by atoms with E-state index in [-0.39, 0.29) is 11.8 Å². The summed E-state index contributed by atoms with van der Waals surface area (Å²) in [5, 5.41) is 0.884. The summed E-state index contributed by atoms with van der Waals surface area (Å²) in [6.07, 6.45) is 2.34. The minimum absolute atomic E-state index is 0.112. The maximum absolute atomic E-state index is 12.8. The van der Waals surface area contributed by atoms with Crippen LogP contribution in [0.15, 0.2) is 59.8 Å². The summed E-state index contributed by atoms with van der Waals surface area (Å²) in [5.41, 5.74) is 3.33. The third-order valence-electron chi connectivity index (χ3n) is 5.94. The molecule has 0 aliphatic carbocycles. The average molecular weight is 451 g/mol. The highest BCUT2D eigenvalue weighted by Gasteiger charge is 2.24. The van der Waals surface area contributed by atoms with E-state index in [2.05, 4.69) is 34.7 Å². The summed E-state index contributed by atoms with van der Waals surface area (Å²) < 4.78 is 2.15. The first kappa shape index (κ1) is 22.4. The van der Waals surface area contributed by atoms with Crippen molar-refractivity contribution in [2.45, 2.75) is 37.9 Å². The lowest BCUT2D eigenvalue weighted by atomic mass is 10.1. The summed E-state index contributed by atoms with van der Waals surface area (Å²) in [7, 11) is 0. The summed E-state index contributed by atoms with van der Waals surface area (Å²) >= 11 is 1.50. The molecule has 7 heteroatoms. The van der Waals surface area contributed by atoms with E-state index in [0.29, 0.717) is 38.4 Å². The maximum Gasteiger partial charge on any atom is 0.233 e. The normalized spacial score (nSPS) is 14.2. The first-order valence-electron chi connectivity index (χ1n) is 11.3. The number of aromatic nitrogens is 2. The van der Waals surface area contributed by atoms with Gasteiger partial charge in [-0.15, -0.1) is 0 Å². The molecule has 6 nitrogen and oxygen atoms in total. The van der Waals surface area contributed by atoms with E-state index in [9.17, 15) is 9.59 Å². The summed E-state index contributed by atoms with van der Waals surface area (Å²) in [5.74, 6) is 0.675. The number of thioether (sulfide) groups is 1. The van der Waals surface area contributed by atoms with Gasteiger partial charge in [0.1, 0.15) is 0 Å². The lowest BCUT2D eigenvalue weighted by Gasteiger charge is -2.34. The predicted molar refractivity (Wildman–Crippen MR) is 129 cm³/mol. The van der Waals surface area contributed by atoms with Gasteiger partial charge in [-0.25, -0.2) is 4.98 Å². The van der Waals surface area contributed by atoms with Crippen LogP contribution < -0.4 is 0 Å². The number of fused-ring (bicyclic) bond motifs is 1. The molecule has 0 bridgehead atoms. The fourth-order valence-corrected chi connectivity index (χ4v) is 5.12. The van der Waals surface area contributed by atoms with Crippen molar-refractivity contribution in [1.29, 1.82) is 0 Å². The molecule has 0 unspecified atom stereocenters. The van der Waals surface area contributed by atoms with E-state index in [1.54, 1.807) is 0 Å². The number of aryl methyl sites for hydroxylation is 2. The molecule has 1 aromatic heterocycles. The van der Waals surface area contributed by atoms with Crippen LogP contribution in [0, 0.1) is 0 Å². The van der Waals surface area contributed by atoms with Gasteiger partial charge in [-0.2, -0.15) is 0 Å². The minimum atomic E-state index is 0.112. The zero-order chi connectivity index (χ0) is 22.3. The molecule has 2 heterocycles. The molecule has 0 atom stereocenters. The smallest absolute Gasteiger partial charge is 0.233 e. The largest absolute Gasteiger partial charge is 0.339 e. The maximum atomic E-state index is 12.8. The Morgan fingerprint density at radius 2 is 1.56 bits per heavy atom. The first-order chi connectivity index (χ1) is 15.7. The molecule has 1 aliphatic heterocycles. The molecule has 1 aliphatic rings. The van der Waals surface area contributed by atoms with Crippen molar-refractivity contribution in [2.24, 2.45) is 0 Å². The number of carbonyl (C=O) groups excluding carboxylic acids is 2. The highest BCUT2D eigenvalue weighted by Crippen LogP contribution is 2.24. The number of hydrogen-bond donors (Lipinski definition) is 0. The van der Waals surface area contributed by atoms with Gasteiger partial charge in [0, 0.05) is 39.1 Å². The Labute approximate surface area is 193 Å². The molecular weight excluding hydrogens is 420 g/mol. The number of carbonyl (C=O) groups is 2. The average Bonchev–Trinajstić information content (AvgIpc) is 3.20. The van der Waals surface area contributed by atoms with Gasteiger partial charge in [0.05, 0.1) is 16.8 Å². The van der Waals surface area contributed by atoms with E-state index >= 15 is 0 Å². The van der Waals surface area contributed by atoms with Gasteiger partial charge in [-0.1, -0.05) is 54.2 Å². The number of para-hydroxylation sites is 2. The Morgan fingerprint density at radius 1 is 0.906 bits per heavy atom. The van der Waals surface area contributed by atoms with Crippen LogP contribution in [-0.2, 0) is 22.6 Å². The van der Waals surface area contributed by atoms with Crippen molar-refractivity contribution >= 4 is 34.6 Å². The van der Waals surface area contributed by atoms with Crippen LogP contribution in [0.1, 0.15) is 25.3 Å². The molecule has 1 fully saturated rings. The SMILES string of the molecule is CCn1c(SCC(=O)N2CCN(C(=O)CCCc3ccccc3)CC2)nc2ccccc21. The number of imidazole rings is 1. The Kier molecular flexibility index (Phi) is 7.47. The zero-order valence-electron chi connectivity index (χ0n) is 18.6. The fourth-order valence-electron chi connectivity index (χ4n) is 4.14. The van der Waals surface area contributed by atoms with Gasteiger partial charge in [-0.05, 0) is 37.5 Å². The van der Waals surface area contributed by atoms with E-state index in [1.807, 2.05) is 46.2 Å². The van der Waals surface area contributed by atoms with Crippen molar-refractivity contribution in [3.05, 3.63) is 60.2 Å². The molecule has 3 aromatic rings. The summed E-state index contributed by atoms with van der Waals surface area (Å²) in [4.78, 5) is 33.8. The van der Waals surface area contributed by atoms with Crippen LogP contribution in [-0.4, -0.2) is 63.1 Å². The molecule has 0 N–H and O–H groups in total. The number of rotatable bonds is 8. The minimum Gasteiger partial charge on any atom is -0.339 e. The molecular formula is C25H30N4O2S. The van der Waals surface area contributed by atoms with Crippen molar-refractivity contribution < 1.29 is 9.59 Å². The van der Waals surface area contributed by atoms with Gasteiger partial charge < -0.3 is 14.4 Å². The highest BCUT2D eigenvalue weighted by atomic mass is 32.2. The quantitative estimate of drug-likeness (QED) is 0.489. The lowest BCUT2D eigenvalue weighted by molar-refractivity contribution is -0.138. The van der Waals surface area contributed by atoms with Crippen LogP contribution in [0.4, 0.5) is 0 Å². The monoisotopic (exact) mass is 450 g/mol. The molecule has 0 radical (unpaired) electrons. The second-order valence-corrected chi connectivity index (χ2v) is 8.96. The second kappa shape index (κ2) is 10.7. The third-order valence-corrected chi connectivity index (χ3v) is 6.91. The van der Waals surface area contributed by atoms with Crippen molar-refractivity contribution in [2.75, 3.05) is 31.9 Å². The number of amides is 2. The number of hydrogen-bond acceptors (Lipinski definition) is 4.